The summed E-state index contributed by atoms with van der Waals surface area (Å²) in [5.41, 5.74) is 0.584. The Morgan fingerprint density at radius 1 is 1.15 bits per heavy atom. The topological polar surface area (TPSA) is 130 Å². The average Bonchev–Trinajstić information content (AvgIpc) is 3.22. The standard InChI is InChI=1S/C26H27F3N6O5/c1-25(2,3)40-24(39)33(4)13-16-9-7-8-15(12-16)10-11-17-19-18(30-14-34(19)5)21(35(6)23(37)38)31-20(17)32-22(36)26(27,28)29/h7-9,12,14H,13H2,1-6H3,(H,37,38)(H,31,32,36). The molecule has 3 rings (SSSR count). The number of carbonyl (C=O) groups excluding carboxylic acids is 2. The van der Waals surface area contributed by atoms with E-state index in [-0.39, 0.29) is 29.0 Å². The van der Waals surface area contributed by atoms with Crippen molar-refractivity contribution in [2.75, 3.05) is 24.3 Å². The monoisotopic (exact) mass is 560 g/mol. The highest BCUT2D eigenvalue weighted by molar-refractivity contribution is 6.03. The summed E-state index contributed by atoms with van der Waals surface area (Å²) in [4.78, 5) is 45.9. The van der Waals surface area contributed by atoms with Crippen LogP contribution in [0.1, 0.15) is 37.5 Å². The molecule has 14 heteroatoms. The number of imidazole rings is 1. The lowest BCUT2D eigenvalue weighted by atomic mass is 10.1. The summed E-state index contributed by atoms with van der Waals surface area (Å²) < 4.78 is 46.1. The van der Waals surface area contributed by atoms with Crippen LogP contribution in [0.15, 0.2) is 30.6 Å². The van der Waals surface area contributed by atoms with Gasteiger partial charge < -0.3 is 24.6 Å². The number of anilines is 2. The third-order valence-corrected chi connectivity index (χ3v) is 5.32. The summed E-state index contributed by atoms with van der Waals surface area (Å²) >= 11 is 0. The van der Waals surface area contributed by atoms with Crippen molar-refractivity contribution in [3.8, 4) is 11.8 Å². The maximum atomic E-state index is 13.1. The lowest BCUT2D eigenvalue weighted by Crippen LogP contribution is -2.33. The van der Waals surface area contributed by atoms with Crippen molar-refractivity contribution in [3.05, 3.63) is 47.3 Å². The zero-order valence-corrected chi connectivity index (χ0v) is 22.5. The molecule has 0 spiro atoms. The molecule has 2 N–H and O–H groups in total. The van der Waals surface area contributed by atoms with Gasteiger partial charge >= 0.3 is 24.3 Å². The van der Waals surface area contributed by atoms with E-state index in [1.165, 1.54) is 22.8 Å². The van der Waals surface area contributed by atoms with Crippen LogP contribution >= 0.6 is 0 Å². The second-order valence-corrected chi connectivity index (χ2v) is 9.79. The molecule has 3 aromatic rings. The first-order valence-corrected chi connectivity index (χ1v) is 11.7. The summed E-state index contributed by atoms with van der Waals surface area (Å²) in [7, 11) is 4.25. The minimum atomic E-state index is -5.23. The molecule has 2 heterocycles. The molecule has 0 aliphatic carbocycles. The highest BCUT2D eigenvalue weighted by Gasteiger charge is 2.39. The van der Waals surface area contributed by atoms with Crippen LogP contribution in [0.5, 0.6) is 0 Å². The number of pyridine rings is 1. The highest BCUT2D eigenvalue weighted by Crippen LogP contribution is 2.31. The van der Waals surface area contributed by atoms with Gasteiger partial charge in [-0.1, -0.05) is 24.0 Å². The predicted octanol–water partition coefficient (Wildman–Crippen LogP) is 4.35. The van der Waals surface area contributed by atoms with Crippen molar-refractivity contribution in [1.29, 1.82) is 0 Å². The van der Waals surface area contributed by atoms with Gasteiger partial charge in [-0.25, -0.2) is 19.6 Å². The van der Waals surface area contributed by atoms with Gasteiger partial charge in [-0.3, -0.25) is 9.69 Å². The molecule has 0 saturated carbocycles. The molecule has 0 radical (unpaired) electrons. The first-order chi connectivity index (χ1) is 18.5. The minimum Gasteiger partial charge on any atom is -0.465 e. The van der Waals surface area contributed by atoms with Gasteiger partial charge in [0, 0.05) is 33.3 Å². The van der Waals surface area contributed by atoms with Gasteiger partial charge in [0.25, 0.3) is 0 Å². The van der Waals surface area contributed by atoms with Crippen LogP contribution in [0.4, 0.5) is 34.4 Å². The van der Waals surface area contributed by atoms with Gasteiger partial charge in [0.1, 0.15) is 11.1 Å². The molecule has 212 valence electrons. The Bertz CT molecular complexity index is 1530. The maximum Gasteiger partial charge on any atom is 0.471 e. The van der Waals surface area contributed by atoms with Crippen LogP contribution in [0.2, 0.25) is 0 Å². The Balaban J connectivity index is 2.08. The molecule has 0 aliphatic rings. The number of halogens is 3. The number of ether oxygens (including phenoxy) is 1. The SMILES string of the molecule is CN(Cc1cccc(C#Cc2c(NC(=O)C(F)(F)F)nc(N(C)C(=O)O)c3ncn(C)c23)c1)C(=O)OC(C)(C)C. The Hall–Kier alpha value is -4.80. The smallest absolute Gasteiger partial charge is 0.465 e. The van der Waals surface area contributed by atoms with Crippen molar-refractivity contribution in [2.24, 2.45) is 7.05 Å². The van der Waals surface area contributed by atoms with Crippen molar-refractivity contribution in [3.63, 3.8) is 0 Å². The van der Waals surface area contributed by atoms with E-state index in [0.29, 0.717) is 16.0 Å². The molecule has 0 atom stereocenters. The fraction of sp³-hybridized carbons (Fsp3) is 0.346. The summed E-state index contributed by atoms with van der Waals surface area (Å²) in [6.07, 6.45) is -5.88. The molecule has 0 unspecified atom stereocenters. The highest BCUT2D eigenvalue weighted by atomic mass is 19.4. The van der Waals surface area contributed by atoms with Crippen LogP contribution in [0.3, 0.4) is 0 Å². The van der Waals surface area contributed by atoms with Crippen molar-refractivity contribution in [1.82, 2.24) is 19.4 Å². The number of aryl methyl sites for hydroxylation is 1. The number of nitrogens with one attached hydrogen (secondary N) is 1. The molecule has 0 saturated heterocycles. The first kappa shape index (κ1) is 29.8. The second kappa shape index (κ2) is 11.1. The zero-order valence-electron chi connectivity index (χ0n) is 22.5. The van der Waals surface area contributed by atoms with Gasteiger partial charge in [0.05, 0.1) is 17.4 Å². The van der Waals surface area contributed by atoms with Gasteiger partial charge in [-0.15, -0.1) is 0 Å². The van der Waals surface area contributed by atoms with E-state index < -0.39 is 35.7 Å². The number of nitrogens with zero attached hydrogens (tertiary/aromatic N) is 5. The lowest BCUT2D eigenvalue weighted by Gasteiger charge is -2.24. The normalized spacial score (nSPS) is 11.4. The second-order valence-electron chi connectivity index (χ2n) is 9.79. The Kier molecular flexibility index (Phi) is 8.28. The maximum absolute atomic E-state index is 13.1. The fourth-order valence-electron chi connectivity index (χ4n) is 3.49. The Morgan fingerprint density at radius 2 is 1.82 bits per heavy atom. The number of amides is 3. The first-order valence-electron chi connectivity index (χ1n) is 11.7. The number of carboxylic acid groups (broad SMARTS) is 1. The Labute approximate surface area is 227 Å². The summed E-state index contributed by atoms with van der Waals surface area (Å²) in [5, 5.41) is 11.1. The number of fused-ring (bicyclic) bond motifs is 1. The fourth-order valence-corrected chi connectivity index (χ4v) is 3.49. The number of alkyl halides is 3. The van der Waals surface area contributed by atoms with Crippen molar-refractivity contribution in [2.45, 2.75) is 39.1 Å². The zero-order chi connectivity index (χ0) is 30.0. The lowest BCUT2D eigenvalue weighted by molar-refractivity contribution is -0.167. The quantitative estimate of drug-likeness (QED) is 0.454. The van der Waals surface area contributed by atoms with Gasteiger partial charge in [0.15, 0.2) is 11.6 Å². The van der Waals surface area contributed by atoms with Crippen LogP contribution < -0.4 is 10.2 Å². The molecule has 0 aliphatic heterocycles. The third kappa shape index (κ3) is 6.99. The number of benzene rings is 1. The third-order valence-electron chi connectivity index (χ3n) is 5.32. The van der Waals surface area contributed by atoms with E-state index in [4.69, 9.17) is 4.74 Å². The van der Waals surface area contributed by atoms with E-state index >= 15 is 0 Å². The molecule has 1 aromatic carbocycles. The van der Waals surface area contributed by atoms with Crippen molar-refractivity contribution < 1.29 is 37.4 Å². The van der Waals surface area contributed by atoms with Gasteiger partial charge in [0.2, 0.25) is 0 Å². The van der Waals surface area contributed by atoms with E-state index in [1.807, 2.05) is 0 Å². The number of hydrogen-bond acceptors (Lipinski definition) is 6. The molecular weight excluding hydrogens is 533 g/mol. The number of aromatic nitrogens is 3. The van der Waals surface area contributed by atoms with Crippen LogP contribution in [-0.4, -0.2) is 68.5 Å². The molecular formula is C26H27F3N6O5. The average molecular weight is 561 g/mol. The van der Waals surface area contributed by atoms with E-state index in [0.717, 1.165) is 7.05 Å². The number of hydrogen-bond donors (Lipinski definition) is 2. The van der Waals surface area contributed by atoms with Crippen molar-refractivity contribution >= 4 is 40.8 Å². The summed E-state index contributed by atoms with van der Waals surface area (Å²) in [6.45, 7) is 5.45. The van der Waals surface area contributed by atoms with Gasteiger partial charge in [-0.05, 0) is 38.5 Å². The molecule has 11 nitrogen and oxygen atoms in total. The van der Waals surface area contributed by atoms with E-state index in [2.05, 4.69) is 21.8 Å². The molecule has 0 fully saturated rings. The van der Waals surface area contributed by atoms with Crippen LogP contribution in [0.25, 0.3) is 11.0 Å². The summed E-state index contributed by atoms with van der Waals surface area (Å²) in [6, 6.07) is 6.79. The Morgan fingerprint density at radius 3 is 2.42 bits per heavy atom. The number of carbonyl (C=O) groups is 3. The molecule has 2 aromatic heterocycles. The summed E-state index contributed by atoms with van der Waals surface area (Å²) in [5.74, 6) is 2.42. The van der Waals surface area contributed by atoms with Crippen LogP contribution in [0, 0.1) is 11.8 Å². The predicted molar refractivity (Wildman–Crippen MR) is 140 cm³/mol. The van der Waals surface area contributed by atoms with E-state index in [1.54, 1.807) is 57.4 Å². The molecule has 3 amide bonds. The largest absolute Gasteiger partial charge is 0.471 e. The minimum absolute atomic E-state index is 0.0504. The van der Waals surface area contributed by atoms with Crippen LogP contribution in [-0.2, 0) is 23.1 Å². The molecule has 0 bridgehead atoms. The van der Waals surface area contributed by atoms with Gasteiger partial charge in [-0.2, -0.15) is 13.2 Å². The number of rotatable bonds is 4. The molecule has 40 heavy (non-hydrogen) atoms. The van der Waals surface area contributed by atoms with E-state index in [9.17, 15) is 32.7 Å².